The van der Waals surface area contributed by atoms with Crippen LogP contribution in [0.2, 0.25) is 0 Å². The summed E-state index contributed by atoms with van der Waals surface area (Å²) in [5, 5.41) is 4.22. The van der Waals surface area contributed by atoms with Crippen molar-refractivity contribution in [2.24, 2.45) is 5.73 Å². The molecule has 2 rings (SSSR count). The minimum Gasteiger partial charge on any atom is -0.322 e. The largest absolute Gasteiger partial charge is 0.322 e. The number of aryl methyl sites for hydroxylation is 1. The van der Waals surface area contributed by atoms with E-state index in [2.05, 4.69) is 38.0 Å². The molecule has 1 aromatic carbocycles. The summed E-state index contributed by atoms with van der Waals surface area (Å²) in [7, 11) is 0. The highest BCUT2D eigenvalue weighted by molar-refractivity contribution is 5.29. The Hall–Kier alpha value is -1.94. The zero-order chi connectivity index (χ0) is 15.6. The van der Waals surface area contributed by atoms with Crippen molar-refractivity contribution >= 4 is 0 Å². The van der Waals surface area contributed by atoms with E-state index >= 15 is 0 Å². The van der Waals surface area contributed by atoms with Crippen LogP contribution < -0.4 is 11.3 Å². The standard InChI is InChI=1S/C17H23N3O/c1-12-5-10-16(21)20(19-12)11-15(18)13-6-8-14(9-7-13)17(2,3)4/h5-10,15H,11,18H2,1-4H3. The van der Waals surface area contributed by atoms with Crippen LogP contribution >= 0.6 is 0 Å². The number of benzene rings is 1. The Morgan fingerprint density at radius 3 is 2.33 bits per heavy atom. The van der Waals surface area contributed by atoms with Crippen molar-refractivity contribution < 1.29 is 0 Å². The third-order valence-electron chi connectivity index (χ3n) is 3.57. The fraction of sp³-hybridized carbons (Fsp3) is 0.412. The second kappa shape index (κ2) is 5.82. The molecule has 112 valence electrons. The van der Waals surface area contributed by atoms with Crippen LogP contribution in [-0.2, 0) is 12.0 Å². The smallest absolute Gasteiger partial charge is 0.266 e. The first kappa shape index (κ1) is 15.4. The van der Waals surface area contributed by atoms with Gasteiger partial charge in [-0.2, -0.15) is 5.10 Å². The monoisotopic (exact) mass is 285 g/mol. The van der Waals surface area contributed by atoms with Crippen molar-refractivity contribution in [1.29, 1.82) is 0 Å². The molecule has 1 atom stereocenters. The highest BCUT2D eigenvalue weighted by Gasteiger charge is 2.14. The summed E-state index contributed by atoms with van der Waals surface area (Å²) >= 11 is 0. The predicted octanol–water partition coefficient (Wildman–Crippen LogP) is 2.55. The third-order valence-corrected chi connectivity index (χ3v) is 3.57. The summed E-state index contributed by atoms with van der Waals surface area (Å²) in [6.07, 6.45) is 0. The Kier molecular flexibility index (Phi) is 4.28. The molecule has 0 aliphatic heterocycles. The van der Waals surface area contributed by atoms with Crippen LogP contribution in [0.4, 0.5) is 0 Å². The lowest BCUT2D eigenvalue weighted by molar-refractivity contribution is 0.499. The maximum Gasteiger partial charge on any atom is 0.266 e. The van der Waals surface area contributed by atoms with E-state index in [9.17, 15) is 4.79 Å². The lowest BCUT2D eigenvalue weighted by Gasteiger charge is -2.20. The number of hydrogen-bond acceptors (Lipinski definition) is 3. The van der Waals surface area contributed by atoms with Crippen molar-refractivity contribution in [3.63, 3.8) is 0 Å². The van der Waals surface area contributed by atoms with Gasteiger partial charge in [-0.15, -0.1) is 0 Å². The molecule has 0 saturated heterocycles. The first-order valence-corrected chi connectivity index (χ1v) is 7.18. The van der Waals surface area contributed by atoms with Gasteiger partial charge in [0.1, 0.15) is 0 Å². The van der Waals surface area contributed by atoms with Crippen LogP contribution in [0.15, 0.2) is 41.2 Å². The Bertz CT molecular complexity index is 666. The Morgan fingerprint density at radius 1 is 1.14 bits per heavy atom. The molecule has 0 aliphatic rings. The average molecular weight is 285 g/mol. The quantitative estimate of drug-likeness (QED) is 0.942. The Balaban J connectivity index is 2.19. The fourth-order valence-electron chi connectivity index (χ4n) is 2.20. The maximum absolute atomic E-state index is 11.8. The molecule has 0 fully saturated rings. The third kappa shape index (κ3) is 3.79. The molecular formula is C17H23N3O. The molecule has 1 heterocycles. The molecule has 0 aliphatic carbocycles. The molecular weight excluding hydrogens is 262 g/mol. The van der Waals surface area contributed by atoms with Crippen molar-refractivity contribution in [2.75, 3.05) is 0 Å². The van der Waals surface area contributed by atoms with E-state index in [1.54, 1.807) is 6.07 Å². The number of nitrogens with zero attached hydrogens (tertiary/aromatic N) is 2. The van der Waals surface area contributed by atoms with Crippen molar-refractivity contribution in [3.05, 3.63) is 63.6 Å². The Labute approximate surface area is 125 Å². The van der Waals surface area contributed by atoms with Gasteiger partial charge in [0.2, 0.25) is 0 Å². The summed E-state index contributed by atoms with van der Waals surface area (Å²) < 4.78 is 1.43. The highest BCUT2D eigenvalue weighted by atomic mass is 16.1. The molecule has 0 amide bonds. The van der Waals surface area contributed by atoms with Crippen LogP contribution in [0.25, 0.3) is 0 Å². The zero-order valence-corrected chi connectivity index (χ0v) is 13.1. The molecule has 1 unspecified atom stereocenters. The van der Waals surface area contributed by atoms with Gasteiger partial charge in [-0.3, -0.25) is 4.79 Å². The van der Waals surface area contributed by atoms with Gasteiger partial charge in [0, 0.05) is 12.1 Å². The topological polar surface area (TPSA) is 60.9 Å². The molecule has 1 aromatic heterocycles. The van der Waals surface area contributed by atoms with E-state index in [-0.39, 0.29) is 17.0 Å². The summed E-state index contributed by atoms with van der Waals surface area (Å²) in [6.45, 7) is 8.78. The van der Waals surface area contributed by atoms with Crippen LogP contribution in [0.1, 0.15) is 43.6 Å². The number of aromatic nitrogens is 2. The van der Waals surface area contributed by atoms with E-state index in [4.69, 9.17) is 5.73 Å². The minimum absolute atomic E-state index is 0.123. The van der Waals surface area contributed by atoms with Crippen LogP contribution in [0.5, 0.6) is 0 Å². The van der Waals surface area contributed by atoms with Gasteiger partial charge >= 0.3 is 0 Å². The molecule has 0 bridgehead atoms. The van der Waals surface area contributed by atoms with Crippen LogP contribution in [-0.4, -0.2) is 9.78 Å². The lowest BCUT2D eigenvalue weighted by atomic mass is 9.86. The molecule has 2 N–H and O–H groups in total. The van der Waals surface area contributed by atoms with Crippen molar-refractivity contribution in [1.82, 2.24) is 9.78 Å². The fourth-order valence-corrected chi connectivity index (χ4v) is 2.20. The Morgan fingerprint density at radius 2 is 1.76 bits per heavy atom. The summed E-state index contributed by atoms with van der Waals surface area (Å²) in [6, 6.07) is 11.3. The van der Waals surface area contributed by atoms with E-state index < -0.39 is 0 Å². The molecule has 4 heteroatoms. The minimum atomic E-state index is -0.244. The molecule has 4 nitrogen and oxygen atoms in total. The van der Waals surface area contributed by atoms with Crippen molar-refractivity contribution in [3.8, 4) is 0 Å². The zero-order valence-electron chi connectivity index (χ0n) is 13.1. The first-order valence-electron chi connectivity index (χ1n) is 7.18. The summed E-state index contributed by atoms with van der Waals surface area (Å²) in [5.74, 6) is 0. The van der Waals surface area contributed by atoms with Crippen molar-refractivity contribution in [2.45, 2.75) is 45.7 Å². The first-order chi connectivity index (χ1) is 9.77. The van der Waals surface area contributed by atoms with E-state index in [1.165, 1.54) is 16.3 Å². The van der Waals surface area contributed by atoms with Crippen LogP contribution in [0, 0.1) is 6.92 Å². The maximum atomic E-state index is 11.8. The second-order valence-electron chi connectivity index (χ2n) is 6.47. The molecule has 0 spiro atoms. The van der Waals surface area contributed by atoms with Gasteiger partial charge < -0.3 is 5.73 Å². The van der Waals surface area contributed by atoms with Gasteiger partial charge in [-0.25, -0.2) is 4.68 Å². The normalized spacial score (nSPS) is 13.2. The molecule has 21 heavy (non-hydrogen) atoms. The number of rotatable bonds is 3. The van der Waals surface area contributed by atoms with Gasteiger partial charge in [-0.1, -0.05) is 45.0 Å². The van der Waals surface area contributed by atoms with E-state index in [0.717, 1.165) is 11.3 Å². The van der Waals surface area contributed by atoms with E-state index in [1.807, 2.05) is 19.1 Å². The SMILES string of the molecule is Cc1ccc(=O)n(CC(N)c2ccc(C(C)(C)C)cc2)n1. The van der Waals surface area contributed by atoms with Gasteiger partial charge in [0.05, 0.1) is 12.2 Å². The lowest BCUT2D eigenvalue weighted by Crippen LogP contribution is -2.28. The molecule has 0 saturated carbocycles. The second-order valence-corrected chi connectivity index (χ2v) is 6.47. The summed E-state index contributed by atoms with van der Waals surface area (Å²) in [4.78, 5) is 11.8. The average Bonchev–Trinajstić information content (AvgIpc) is 2.42. The molecule has 2 aromatic rings. The van der Waals surface area contributed by atoms with Crippen LogP contribution in [0.3, 0.4) is 0 Å². The predicted molar refractivity (Wildman–Crippen MR) is 85.3 cm³/mol. The number of hydrogen-bond donors (Lipinski definition) is 1. The number of nitrogens with two attached hydrogens (primary N) is 1. The van der Waals surface area contributed by atoms with E-state index in [0.29, 0.717) is 6.54 Å². The molecule has 0 radical (unpaired) electrons. The highest BCUT2D eigenvalue weighted by Crippen LogP contribution is 2.23. The van der Waals surface area contributed by atoms with Gasteiger partial charge in [0.15, 0.2) is 0 Å². The van der Waals surface area contributed by atoms with Gasteiger partial charge in [-0.05, 0) is 29.5 Å². The van der Waals surface area contributed by atoms with Gasteiger partial charge in [0.25, 0.3) is 5.56 Å². The summed E-state index contributed by atoms with van der Waals surface area (Å²) in [5.41, 5.74) is 9.30.